The lowest BCUT2D eigenvalue weighted by Crippen LogP contribution is -2.13. The third-order valence-corrected chi connectivity index (χ3v) is 5.10. The number of nitrogens with zero attached hydrogens (tertiary/aromatic N) is 2. The van der Waals surface area contributed by atoms with Gasteiger partial charge in [-0.3, -0.25) is 4.72 Å². The molecular weight excluding hydrogens is 345 g/mol. The lowest BCUT2D eigenvalue weighted by Gasteiger charge is -2.06. The maximum Gasteiger partial charge on any atom is 0.264 e. The van der Waals surface area contributed by atoms with E-state index in [1.165, 1.54) is 6.07 Å². The molecule has 0 bridgehead atoms. The summed E-state index contributed by atoms with van der Waals surface area (Å²) in [5, 5.41) is 0.170. The van der Waals surface area contributed by atoms with Gasteiger partial charge in [0.1, 0.15) is 16.5 Å². The SMILES string of the molecule is Cc1nsc(NS(=O)(=O)c2ccc(F)cc2Br)n1. The average Bonchev–Trinajstić information content (AvgIpc) is 2.62. The van der Waals surface area contributed by atoms with E-state index in [9.17, 15) is 12.8 Å². The Balaban J connectivity index is 2.36. The van der Waals surface area contributed by atoms with Crippen LogP contribution in [0.1, 0.15) is 5.82 Å². The summed E-state index contributed by atoms with van der Waals surface area (Å²) in [7, 11) is -3.80. The van der Waals surface area contributed by atoms with E-state index in [1.54, 1.807) is 6.92 Å². The topological polar surface area (TPSA) is 72.0 Å². The fraction of sp³-hybridized carbons (Fsp3) is 0.111. The van der Waals surface area contributed by atoms with E-state index >= 15 is 0 Å². The number of aromatic nitrogens is 2. The number of hydrogen-bond acceptors (Lipinski definition) is 5. The van der Waals surface area contributed by atoms with Crippen molar-refractivity contribution in [2.75, 3.05) is 4.72 Å². The summed E-state index contributed by atoms with van der Waals surface area (Å²) in [6.07, 6.45) is 0. The summed E-state index contributed by atoms with van der Waals surface area (Å²) in [6.45, 7) is 1.65. The molecular formula is C9H7BrFN3O2S2. The number of sulfonamides is 1. The highest BCUT2D eigenvalue weighted by Gasteiger charge is 2.19. The predicted molar refractivity (Wildman–Crippen MR) is 69.6 cm³/mol. The molecule has 2 aromatic rings. The van der Waals surface area contributed by atoms with Gasteiger partial charge in [-0.05, 0) is 41.1 Å². The van der Waals surface area contributed by atoms with Crippen LogP contribution in [-0.4, -0.2) is 17.8 Å². The van der Waals surface area contributed by atoms with Crippen LogP contribution in [0.25, 0.3) is 0 Å². The highest BCUT2D eigenvalue weighted by Crippen LogP contribution is 2.25. The molecule has 0 unspecified atom stereocenters. The Hall–Kier alpha value is -1.06. The molecule has 0 atom stereocenters. The van der Waals surface area contributed by atoms with Gasteiger partial charge in [0, 0.05) is 16.0 Å². The molecule has 0 aliphatic carbocycles. The molecule has 0 saturated heterocycles. The van der Waals surface area contributed by atoms with Crippen LogP contribution in [0.5, 0.6) is 0 Å². The molecule has 0 aliphatic rings. The van der Waals surface area contributed by atoms with Crippen molar-refractivity contribution in [2.45, 2.75) is 11.8 Å². The van der Waals surface area contributed by atoms with E-state index in [2.05, 4.69) is 30.0 Å². The first-order valence-corrected chi connectivity index (χ1v) is 7.71. The number of nitrogens with one attached hydrogen (secondary N) is 1. The van der Waals surface area contributed by atoms with E-state index < -0.39 is 15.8 Å². The zero-order valence-electron chi connectivity index (χ0n) is 9.02. The van der Waals surface area contributed by atoms with E-state index in [0.717, 1.165) is 23.7 Å². The molecule has 9 heteroatoms. The standard InChI is InChI=1S/C9H7BrFN3O2S2/c1-5-12-9(17-13-5)14-18(15,16)8-3-2-6(11)4-7(8)10/h2-4H,1H3,(H,12,13,14). The molecule has 96 valence electrons. The number of aryl methyl sites for hydroxylation is 1. The lowest BCUT2D eigenvalue weighted by molar-refractivity contribution is 0.599. The molecule has 5 nitrogen and oxygen atoms in total. The maximum absolute atomic E-state index is 12.9. The van der Waals surface area contributed by atoms with Crippen LogP contribution in [0, 0.1) is 12.7 Å². The van der Waals surface area contributed by atoms with Crippen LogP contribution in [0.2, 0.25) is 0 Å². The van der Waals surface area contributed by atoms with Crippen molar-refractivity contribution in [3.8, 4) is 0 Å². The summed E-state index contributed by atoms with van der Waals surface area (Å²) in [5.74, 6) is -0.0385. The number of halogens is 2. The van der Waals surface area contributed by atoms with Gasteiger partial charge in [-0.1, -0.05) is 0 Å². The number of hydrogen-bond donors (Lipinski definition) is 1. The van der Waals surface area contributed by atoms with Crippen molar-refractivity contribution in [3.05, 3.63) is 34.3 Å². The summed E-state index contributed by atoms with van der Waals surface area (Å²) in [6, 6.07) is 3.33. The molecule has 1 N–H and O–H groups in total. The molecule has 0 amide bonds. The normalized spacial score (nSPS) is 11.5. The Morgan fingerprint density at radius 2 is 2.17 bits per heavy atom. The van der Waals surface area contributed by atoms with Crippen molar-refractivity contribution < 1.29 is 12.8 Å². The number of benzene rings is 1. The van der Waals surface area contributed by atoms with Gasteiger partial charge < -0.3 is 0 Å². The van der Waals surface area contributed by atoms with Gasteiger partial charge in [0.25, 0.3) is 10.0 Å². The van der Waals surface area contributed by atoms with Crippen molar-refractivity contribution in [1.29, 1.82) is 0 Å². The predicted octanol–water partition coefficient (Wildman–Crippen LogP) is 2.55. The van der Waals surface area contributed by atoms with E-state index in [-0.39, 0.29) is 14.5 Å². The highest BCUT2D eigenvalue weighted by atomic mass is 79.9. The first-order chi connectivity index (χ1) is 8.38. The summed E-state index contributed by atoms with van der Waals surface area (Å²) in [4.78, 5) is 3.84. The second-order valence-electron chi connectivity index (χ2n) is 3.33. The van der Waals surface area contributed by atoms with E-state index in [4.69, 9.17) is 0 Å². The van der Waals surface area contributed by atoms with Crippen LogP contribution in [-0.2, 0) is 10.0 Å². The molecule has 0 fully saturated rings. The zero-order valence-corrected chi connectivity index (χ0v) is 12.2. The maximum atomic E-state index is 12.9. The molecule has 2 rings (SSSR count). The molecule has 18 heavy (non-hydrogen) atoms. The van der Waals surface area contributed by atoms with Crippen molar-refractivity contribution in [3.63, 3.8) is 0 Å². The van der Waals surface area contributed by atoms with Gasteiger partial charge in [-0.25, -0.2) is 17.8 Å². The van der Waals surface area contributed by atoms with Crippen LogP contribution < -0.4 is 4.72 Å². The summed E-state index contributed by atoms with van der Waals surface area (Å²) in [5.41, 5.74) is 0. The van der Waals surface area contributed by atoms with Gasteiger partial charge in [0.15, 0.2) is 0 Å². The van der Waals surface area contributed by atoms with Gasteiger partial charge >= 0.3 is 0 Å². The molecule has 0 aliphatic heterocycles. The van der Waals surface area contributed by atoms with Crippen molar-refractivity contribution >= 4 is 42.6 Å². The lowest BCUT2D eigenvalue weighted by atomic mass is 10.3. The van der Waals surface area contributed by atoms with E-state index in [1.807, 2.05) is 0 Å². The molecule has 0 saturated carbocycles. The third kappa shape index (κ3) is 2.85. The fourth-order valence-electron chi connectivity index (χ4n) is 1.20. The van der Waals surface area contributed by atoms with E-state index in [0.29, 0.717) is 5.82 Å². The third-order valence-electron chi connectivity index (χ3n) is 1.93. The molecule has 1 aromatic heterocycles. The average molecular weight is 352 g/mol. The number of anilines is 1. The van der Waals surface area contributed by atoms with Crippen LogP contribution in [0.4, 0.5) is 9.52 Å². The molecule has 0 spiro atoms. The minimum absolute atomic E-state index is 0.0586. The monoisotopic (exact) mass is 351 g/mol. The highest BCUT2D eigenvalue weighted by molar-refractivity contribution is 9.10. The first-order valence-electron chi connectivity index (χ1n) is 4.67. The fourth-order valence-corrected chi connectivity index (χ4v) is 4.05. The van der Waals surface area contributed by atoms with Gasteiger partial charge in [-0.2, -0.15) is 4.37 Å². The zero-order chi connectivity index (χ0) is 13.3. The molecule has 1 heterocycles. The van der Waals surface area contributed by atoms with Crippen LogP contribution in [0.15, 0.2) is 27.6 Å². The van der Waals surface area contributed by atoms with Gasteiger partial charge in [-0.15, -0.1) is 0 Å². The van der Waals surface area contributed by atoms with Gasteiger partial charge in [0.05, 0.1) is 0 Å². The summed E-state index contributed by atoms with van der Waals surface area (Å²) < 4.78 is 43.2. The Bertz CT molecular complexity index is 687. The second-order valence-corrected chi connectivity index (χ2v) is 6.58. The molecule has 1 aromatic carbocycles. The Morgan fingerprint density at radius 1 is 1.44 bits per heavy atom. The minimum atomic E-state index is -3.80. The van der Waals surface area contributed by atoms with Crippen molar-refractivity contribution in [1.82, 2.24) is 9.36 Å². The van der Waals surface area contributed by atoms with Crippen molar-refractivity contribution in [2.24, 2.45) is 0 Å². The summed E-state index contributed by atoms with van der Waals surface area (Å²) >= 11 is 3.95. The Labute approximate surface area is 115 Å². The van der Waals surface area contributed by atoms with Gasteiger partial charge in [0.2, 0.25) is 5.13 Å². The Morgan fingerprint density at radius 3 is 2.72 bits per heavy atom. The van der Waals surface area contributed by atoms with Crippen LogP contribution >= 0.6 is 27.5 Å². The largest absolute Gasteiger partial charge is 0.264 e. The van der Waals surface area contributed by atoms with Crippen LogP contribution in [0.3, 0.4) is 0 Å². The second kappa shape index (κ2) is 4.90. The molecule has 0 radical (unpaired) electrons. The Kier molecular flexibility index (Phi) is 3.64. The smallest absolute Gasteiger partial charge is 0.253 e. The minimum Gasteiger partial charge on any atom is -0.253 e. The quantitative estimate of drug-likeness (QED) is 0.922. The number of rotatable bonds is 3. The first kappa shape index (κ1) is 13.4.